The van der Waals surface area contributed by atoms with Gasteiger partial charge in [0.1, 0.15) is 0 Å². The molecule has 1 amide bonds. The molecule has 2 saturated heterocycles. The normalized spacial score (nSPS) is 28.1. The number of rotatable bonds is 4. The minimum Gasteiger partial charge on any atom is -0.385 e. The van der Waals surface area contributed by atoms with Crippen LogP contribution in [0.2, 0.25) is 5.02 Å². The number of para-hydroxylation sites is 1. The van der Waals surface area contributed by atoms with Crippen molar-refractivity contribution >= 4 is 23.2 Å². The van der Waals surface area contributed by atoms with Crippen LogP contribution in [0.5, 0.6) is 0 Å². The standard InChI is InChI=1S/C20H22ClN3O2/c21-17-5-1-2-6-18(17)23-19(25)13-24-15-7-8-16(24)11-20(26,10-15)14-4-3-9-22-12-14/h1-6,9,12,15-16,26H,7-8,10-11,13H2,(H,23,25)/t15-,16+,20?. The van der Waals surface area contributed by atoms with Gasteiger partial charge in [0.15, 0.2) is 0 Å². The summed E-state index contributed by atoms with van der Waals surface area (Å²) in [4.78, 5) is 18.9. The first-order valence-electron chi connectivity index (χ1n) is 8.98. The number of halogens is 1. The zero-order valence-electron chi connectivity index (χ0n) is 14.4. The minimum atomic E-state index is -0.851. The van der Waals surface area contributed by atoms with Gasteiger partial charge in [-0.2, -0.15) is 0 Å². The van der Waals surface area contributed by atoms with Crippen molar-refractivity contribution in [2.45, 2.75) is 43.4 Å². The summed E-state index contributed by atoms with van der Waals surface area (Å²) >= 11 is 6.12. The summed E-state index contributed by atoms with van der Waals surface area (Å²) in [6.45, 7) is 0.323. The third kappa shape index (κ3) is 3.34. The fourth-order valence-corrected chi connectivity index (χ4v) is 4.55. The van der Waals surface area contributed by atoms with Gasteiger partial charge in [-0.3, -0.25) is 14.7 Å². The fraction of sp³-hybridized carbons (Fsp3) is 0.400. The minimum absolute atomic E-state index is 0.0678. The van der Waals surface area contributed by atoms with E-state index in [2.05, 4.69) is 15.2 Å². The quantitative estimate of drug-likeness (QED) is 0.866. The van der Waals surface area contributed by atoms with Gasteiger partial charge in [0.2, 0.25) is 5.91 Å². The molecule has 2 N–H and O–H groups in total. The Balaban J connectivity index is 1.44. The van der Waals surface area contributed by atoms with E-state index in [0.29, 0.717) is 30.1 Å². The number of aromatic nitrogens is 1. The lowest BCUT2D eigenvalue weighted by molar-refractivity contribution is -0.121. The lowest BCUT2D eigenvalue weighted by Crippen LogP contribution is -2.51. The first-order chi connectivity index (χ1) is 12.5. The van der Waals surface area contributed by atoms with Crippen LogP contribution < -0.4 is 5.32 Å². The summed E-state index contributed by atoms with van der Waals surface area (Å²) in [7, 11) is 0. The summed E-state index contributed by atoms with van der Waals surface area (Å²) in [6.07, 6.45) is 6.75. The predicted molar refractivity (Wildman–Crippen MR) is 101 cm³/mol. The SMILES string of the molecule is O=C(CN1[C@@H]2CC[C@H]1CC(O)(c1cccnc1)C2)Nc1ccccc1Cl. The van der Waals surface area contributed by atoms with Gasteiger partial charge in [-0.1, -0.05) is 29.8 Å². The molecule has 0 spiro atoms. The Morgan fingerprint density at radius 3 is 2.62 bits per heavy atom. The maximum atomic E-state index is 12.5. The first-order valence-corrected chi connectivity index (χ1v) is 9.36. The maximum Gasteiger partial charge on any atom is 0.238 e. The van der Waals surface area contributed by atoms with E-state index in [-0.39, 0.29) is 18.0 Å². The molecule has 5 nitrogen and oxygen atoms in total. The molecule has 6 heteroatoms. The lowest BCUT2D eigenvalue weighted by Gasteiger charge is -2.43. The van der Waals surface area contributed by atoms with Crippen molar-refractivity contribution in [3.05, 3.63) is 59.4 Å². The van der Waals surface area contributed by atoms with E-state index in [9.17, 15) is 9.90 Å². The number of amides is 1. The number of anilines is 1. The van der Waals surface area contributed by atoms with E-state index in [1.54, 1.807) is 24.5 Å². The zero-order chi connectivity index (χ0) is 18.1. The number of hydrogen-bond acceptors (Lipinski definition) is 4. The van der Waals surface area contributed by atoms with Gasteiger partial charge in [-0.05, 0) is 43.9 Å². The molecule has 136 valence electrons. The van der Waals surface area contributed by atoms with Crippen LogP contribution in [-0.4, -0.2) is 39.5 Å². The molecule has 2 bridgehead atoms. The van der Waals surface area contributed by atoms with Gasteiger partial charge >= 0.3 is 0 Å². The molecule has 2 aliphatic heterocycles. The molecule has 3 atom stereocenters. The van der Waals surface area contributed by atoms with Crippen LogP contribution in [-0.2, 0) is 10.4 Å². The van der Waals surface area contributed by atoms with Gasteiger partial charge < -0.3 is 10.4 Å². The van der Waals surface area contributed by atoms with E-state index >= 15 is 0 Å². The van der Waals surface area contributed by atoms with E-state index in [0.717, 1.165) is 18.4 Å². The smallest absolute Gasteiger partial charge is 0.238 e. The highest BCUT2D eigenvalue weighted by molar-refractivity contribution is 6.33. The van der Waals surface area contributed by atoms with Crippen molar-refractivity contribution in [1.82, 2.24) is 9.88 Å². The number of nitrogens with one attached hydrogen (secondary N) is 1. The topological polar surface area (TPSA) is 65.5 Å². The summed E-state index contributed by atoms with van der Waals surface area (Å²) in [5.41, 5.74) is 0.656. The molecule has 1 unspecified atom stereocenters. The van der Waals surface area contributed by atoms with Crippen LogP contribution in [0.15, 0.2) is 48.8 Å². The van der Waals surface area contributed by atoms with Crippen molar-refractivity contribution in [2.75, 3.05) is 11.9 Å². The number of hydrogen-bond donors (Lipinski definition) is 2. The Bertz CT molecular complexity index is 785. The Labute approximate surface area is 158 Å². The van der Waals surface area contributed by atoms with Crippen molar-refractivity contribution in [2.24, 2.45) is 0 Å². The molecular weight excluding hydrogens is 350 g/mol. The molecule has 2 aliphatic rings. The van der Waals surface area contributed by atoms with Gasteiger partial charge in [0.05, 0.1) is 22.9 Å². The van der Waals surface area contributed by atoms with Crippen LogP contribution in [0.4, 0.5) is 5.69 Å². The predicted octanol–water partition coefficient (Wildman–Crippen LogP) is 3.19. The number of aliphatic hydroxyl groups is 1. The number of fused-ring (bicyclic) bond motifs is 2. The van der Waals surface area contributed by atoms with Crippen LogP contribution >= 0.6 is 11.6 Å². The third-order valence-electron chi connectivity index (χ3n) is 5.59. The number of benzene rings is 1. The summed E-state index contributed by atoms with van der Waals surface area (Å²) in [5, 5.41) is 14.6. The molecule has 2 aromatic rings. The van der Waals surface area contributed by atoms with E-state index < -0.39 is 5.60 Å². The summed E-state index contributed by atoms with van der Waals surface area (Å²) < 4.78 is 0. The van der Waals surface area contributed by atoms with Crippen LogP contribution in [0.1, 0.15) is 31.2 Å². The number of carbonyl (C=O) groups is 1. The molecule has 3 heterocycles. The van der Waals surface area contributed by atoms with Crippen molar-refractivity contribution in [3.63, 3.8) is 0 Å². The van der Waals surface area contributed by atoms with Gasteiger partial charge in [0, 0.05) is 30.0 Å². The molecule has 2 fully saturated rings. The highest BCUT2D eigenvalue weighted by Gasteiger charge is 2.48. The fourth-order valence-electron chi connectivity index (χ4n) is 4.37. The molecule has 1 aromatic heterocycles. The van der Waals surface area contributed by atoms with E-state index in [1.165, 1.54) is 0 Å². The first kappa shape index (κ1) is 17.5. The van der Waals surface area contributed by atoms with Crippen LogP contribution in [0.3, 0.4) is 0 Å². The Hall–Kier alpha value is -1.95. The summed E-state index contributed by atoms with van der Waals surface area (Å²) in [5.74, 6) is -0.0678. The number of pyridine rings is 1. The third-order valence-corrected chi connectivity index (χ3v) is 5.92. The second-order valence-electron chi connectivity index (χ2n) is 7.27. The Morgan fingerprint density at radius 2 is 1.96 bits per heavy atom. The zero-order valence-corrected chi connectivity index (χ0v) is 15.2. The van der Waals surface area contributed by atoms with Crippen molar-refractivity contribution in [3.8, 4) is 0 Å². The summed E-state index contributed by atoms with van der Waals surface area (Å²) in [6, 6.07) is 11.4. The Morgan fingerprint density at radius 1 is 1.23 bits per heavy atom. The number of nitrogens with zero attached hydrogens (tertiary/aromatic N) is 2. The highest BCUT2D eigenvalue weighted by atomic mass is 35.5. The molecule has 26 heavy (non-hydrogen) atoms. The molecule has 4 rings (SSSR count). The number of piperidine rings is 1. The molecule has 1 aromatic carbocycles. The molecular formula is C20H22ClN3O2. The van der Waals surface area contributed by atoms with Crippen LogP contribution in [0.25, 0.3) is 0 Å². The second-order valence-corrected chi connectivity index (χ2v) is 7.67. The van der Waals surface area contributed by atoms with Crippen molar-refractivity contribution < 1.29 is 9.90 Å². The van der Waals surface area contributed by atoms with E-state index in [4.69, 9.17) is 11.6 Å². The number of carbonyl (C=O) groups excluding carboxylic acids is 1. The maximum absolute atomic E-state index is 12.5. The van der Waals surface area contributed by atoms with Crippen molar-refractivity contribution in [1.29, 1.82) is 0 Å². The van der Waals surface area contributed by atoms with E-state index in [1.807, 2.05) is 24.3 Å². The molecule has 0 saturated carbocycles. The van der Waals surface area contributed by atoms with Gasteiger partial charge in [-0.25, -0.2) is 0 Å². The highest BCUT2D eigenvalue weighted by Crippen LogP contribution is 2.45. The average Bonchev–Trinajstić information content (AvgIpc) is 2.88. The lowest BCUT2D eigenvalue weighted by atomic mass is 9.81. The Kier molecular flexibility index (Phi) is 4.69. The molecule has 0 radical (unpaired) electrons. The molecule has 0 aliphatic carbocycles. The van der Waals surface area contributed by atoms with Gasteiger partial charge in [0.25, 0.3) is 0 Å². The van der Waals surface area contributed by atoms with Crippen LogP contribution in [0, 0.1) is 0 Å². The van der Waals surface area contributed by atoms with Gasteiger partial charge in [-0.15, -0.1) is 0 Å². The average molecular weight is 372 g/mol. The monoisotopic (exact) mass is 371 g/mol. The largest absolute Gasteiger partial charge is 0.385 e. The second kappa shape index (κ2) is 6.99.